The molecule has 7 nitrogen and oxygen atoms in total. The fraction of sp³-hybridized carbons (Fsp3) is 0.381. The van der Waals surface area contributed by atoms with Gasteiger partial charge < -0.3 is 20.7 Å². The van der Waals surface area contributed by atoms with Crippen LogP contribution < -0.4 is 11.1 Å². The monoisotopic (exact) mass is 415 g/mol. The molecule has 29 heavy (non-hydrogen) atoms. The Hall–Kier alpha value is -2.87. The first kappa shape index (κ1) is 20.9. The van der Waals surface area contributed by atoms with Crippen LogP contribution in [0.4, 0.5) is 9.80 Å². The predicted molar refractivity (Wildman–Crippen MR) is 112 cm³/mol. The molecule has 1 aromatic heterocycles. The third-order valence-electron chi connectivity index (χ3n) is 4.93. The van der Waals surface area contributed by atoms with Gasteiger partial charge in [-0.3, -0.25) is 9.59 Å². The summed E-state index contributed by atoms with van der Waals surface area (Å²) in [5.74, 6) is -0.783. The van der Waals surface area contributed by atoms with Crippen LogP contribution in [0.2, 0.25) is 0 Å². The second-order valence-electron chi connectivity index (χ2n) is 7.10. The summed E-state index contributed by atoms with van der Waals surface area (Å²) in [5, 5.41) is 3.30. The Morgan fingerprint density at radius 3 is 2.69 bits per heavy atom. The van der Waals surface area contributed by atoms with Crippen molar-refractivity contribution >= 4 is 34.2 Å². The van der Waals surface area contributed by atoms with Gasteiger partial charge in [0.2, 0.25) is 5.91 Å². The van der Waals surface area contributed by atoms with Crippen LogP contribution in [-0.2, 0) is 28.9 Å². The Balaban J connectivity index is 1.80. The van der Waals surface area contributed by atoms with Crippen LogP contribution in [0, 0.1) is 13.8 Å². The topological polar surface area (TPSA) is 102 Å². The van der Waals surface area contributed by atoms with Crippen molar-refractivity contribution < 1.29 is 19.1 Å². The Labute approximate surface area is 173 Å². The molecule has 3 N–H and O–H groups in total. The number of primary amides is 1. The number of hydrogen-bond acceptors (Lipinski definition) is 5. The second-order valence-corrected chi connectivity index (χ2v) is 8.20. The lowest BCUT2D eigenvalue weighted by Gasteiger charge is -2.26. The molecule has 154 valence electrons. The van der Waals surface area contributed by atoms with Gasteiger partial charge in [-0.05, 0) is 43.9 Å². The van der Waals surface area contributed by atoms with E-state index in [0.29, 0.717) is 36.7 Å². The van der Waals surface area contributed by atoms with E-state index >= 15 is 0 Å². The van der Waals surface area contributed by atoms with Crippen LogP contribution in [0.5, 0.6) is 0 Å². The largest absolute Gasteiger partial charge is 0.450 e. The molecule has 3 rings (SSSR count). The number of carbonyl (C=O) groups excluding carboxylic acids is 3. The van der Waals surface area contributed by atoms with E-state index in [4.69, 9.17) is 10.5 Å². The van der Waals surface area contributed by atoms with Gasteiger partial charge in [0.05, 0.1) is 25.1 Å². The third kappa shape index (κ3) is 4.59. The first-order valence-electron chi connectivity index (χ1n) is 9.52. The maximum atomic E-state index is 12.6. The molecular weight excluding hydrogens is 390 g/mol. The molecule has 1 aliphatic rings. The minimum absolute atomic E-state index is 0.208. The number of ether oxygens (including phenoxy) is 1. The van der Waals surface area contributed by atoms with E-state index in [2.05, 4.69) is 5.32 Å². The molecule has 0 saturated heterocycles. The van der Waals surface area contributed by atoms with Crippen LogP contribution in [-0.4, -0.2) is 36.0 Å². The van der Waals surface area contributed by atoms with E-state index in [1.165, 1.54) is 11.3 Å². The molecule has 8 heteroatoms. The molecule has 0 unspecified atom stereocenters. The number of benzene rings is 1. The molecule has 1 aliphatic heterocycles. The zero-order valence-electron chi connectivity index (χ0n) is 16.8. The SMILES string of the molecule is CCOC(=O)N1CCc2c(sc(NC(=O)Cc3ccc(C)cc3C)c2C(N)=O)C1. The van der Waals surface area contributed by atoms with Gasteiger partial charge in [0, 0.05) is 11.4 Å². The first-order chi connectivity index (χ1) is 13.8. The van der Waals surface area contributed by atoms with Crippen molar-refractivity contribution in [3.05, 3.63) is 50.9 Å². The van der Waals surface area contributed by atoms with E-state index in [1.807, 2.05) is 32.0 Å². The smallest absolute Gasteiger partial charge is 0.410 e. The highest BCUT2D eigenvalue weighted by molar-refractivity contribution is 7.17. The average molecular weight is 416 g/mol. The summed E-state index contributed by atoms with van der Waals surface area (Å²) in [4.78, 5) is 39.2. The van der Waals surface area contributed by atoms with E-state index in [0.717, 1.165) is 27.1 Å². The maximum Gasteiger partial charge on any atom is 0.410 e. The number of rotatable bonds is 5. The number of aryl methyl sites for hydroxylation is 2. The summed E-state index contributed by atoms with van der Waals surface area (Å²) in [6.45, 7) is 6.82. The van der Waals surface area contributed by atoms with Crippen LogP contribution in [0.15, 0.2) is 18.2 Å². The number of carbonyl (C=O) groups is 3. The Morgan fingerprint density at radius 2 is 2.03 bits per heavy atom. The van der Waals surface area contributed by atoms with E-state index in [-0.39, 0.29) is 18.4 Å². The van der Waals surface area contributed by atoms with Gasteiger partial charge in [-0.2, -0.15) is 0 Å². The lowest BCUT2D eigenvalue weighted by molar-refractivity contribution is -0.115. The van der Waals surface area contributed by atoms with Crippen LogP contribution in [0.3, 0.4) is 0 Å². The Morgan fingerprint density at radius 1 is 1.28 bits per heavy atom. The number of anilines is 1. The number of hydrogen-bond donors (Lipinski definition) is 2. The van der Waals surface area contributed by atoms with Gasteiger partial charge in [0.15, 0.2) is 0 Å². The molecule has 1 aromatic carbocycles. The first-order valence-corrected chi connectivity index (χ1v) is 10.3. The fourth-order valence-corrected chi connectivity index (χ4v) is 4.80. The van der Waals surface area contributed by atoms with Gasteiger partial charge in [0.1, 0.15) is 5.00 Å². The molecule has 2 heterocycles. The van der Waals surface area contributed by atoms with Crippen molar-refractivity contribution in [2.45, 2.75) is 40.2 Å². The maximum absolute atomic E-state index is 12.6. The summed E-state index contributed by atoms with van der Waals surface area (Å²) in [5.41, 5.74) is 9.88. The van der Waals surface area contributed by atoms with Crippen molar-refractivity contribution in [3.63, 3.8) is 0 Å². The normalized spacial score (nSPS) is 13.0. The van der Waals surface area contributed by atoms with Crippen molar-refractivity contribution in [1.29, 1.82) is 0 Å². The van der Waals surface area contributed by atoms with E-state index in [1.54, 1.807) is 11.8 Å². The van der Waals surface area contributed by atoms with Crippen LogP contribution in [0.1, 0.15) is 44.4 Å². The summed E-state index contributed by atoms with van der Waals surface area (Å²) in [6.07, 6.45) is 0.324. The summed E-state index contributed by atoms with van der Waals surface area (Å²) in [7, 11) is 0. The average Bonchev–Trinajstić information content (AvgIpc) is 3.01. The lowest BCUT2D eigenvalue weighted by atomic mass is 10.0. The number of nitrogens with zero attached hydrogens (tertiary/aromatic N) is 1. The second kappa shape index (κ2) is 8.65. The summed E-state index contributed by atoms with van der Waals surface area (Å²) in [6, 6.07) is 5.94. The van der Waals surface area contributed by atoms with Crippen molar-refractivity contribution in [2.75, 3.05) is 18.5 Å². The lowest BCUT2D eigenvalue weighted by Crippen LogP contribution is -2.36. The third-order valence-corrected chi connectivity index (χ3v) is 6.06. The minimum atomic E-state index is -0.575. The van der Waals surface area contributed by atoms with E-state index in [9.17, 15) is 14.4 Å². The highest BCUT2D eigenvalue weighted by Crippen LogP contribution is 2.37. The van der Waals surface area contributed by atoms with Crippen molar-refractivity contribution in [2.24, 2.45) is 5.73 Å². The highest BCUT2D eigenvalue weighted by atomic mass is 32.1. The molecule has 0 saturated carbocycles. The van der Waals surface area contributed by atoms with Crippen LogP contribution in [0.25, 0.3) is 0 Å². The quantitative estimate of drug-likeness (QED) is 0.783. The molecule has 2 aromatic rings. The van der Waals surface area contributed by atoms with Gasteiger partial charge in [-0.25, -0.2) is 4.79 Å². The fourth-order valence-electron chi connectivity index (χ4n) is 3.51. The Kier molecular flexibility index (Phi) is 6.22. The Bertz CT molecular complexity index is 967. The van der Waals surface area contributed by atoms with E-state index < -0.39 is 5.91 Å². The number of fused-ring (bicyclic) bond motifs is 1. The standard InChI is InChI=1S/C21H25N3O4S/c1-4-28-21(27)24-8-7-15-16(11-24)29-20(18(15)19(22)26)23-17(25)10-14-6-5-12(2)9-13(14)3/h5-6,9H,4,7-8,10-11H2,1-3H3,(H2,22,26)(H,23,25). The van der Waals surface area contributed by atoms with Crippen LogP contribution >= 0.6 is 11.3 Å². The van der Waals surface area contributed by atoms with Gasteiger partial charge in [0.25, 0.3) is 5.91 Å². The van der Waals surface area contributed by atoms with Crippen molar-refractivity contribution in [3.8, 4) is 0 Å². The zero-order valence-corrected chi connectivity index (χ0v) is 17.6. The molecule has 0 spiro atoms. The summed E-state index contributed by atoms with van der Waals surface area (Å²) < 4.78 is 5.06. The number of amides is 3. The molecule has 0 atom stereocenters. The molecule has 0 radical (unpaired) electrons. The predicted octanol–water partition coefficient (Wildman–Crippen LogP) is 3.16. The number of nitrogens with one attached hydrogen (secondary N) is 1. The highest BCUT2D eigenvalue weighted by Gasteiger charge is 2.30. The number of thiophene rings is 1. The zero-order chi connectivity index (χ0) is 21.1. The van der Waals surface area contributed by atoms with Gasteiger partial charge in [-0.1, -0.05) is 23.8 Å². The van der Waals surface area contributed by atoms with Gasteiger partial charge >= 0.3 is 6.09 Å². The van der Waals surface area contributed by atoms with Crippen molar-refractivity contribution in [1.82, 2.24) is 4.90 Å². The summed E-state index contributed by atoms with van der Waals surface area (Å²) >= 11 is 1.29. The molecule has 0 aliphatic carbocycles. The molecule has 0 fully saturated rings. The van der Waals surface area contributed by atoms with Gasteiger partial charge in [-0.15, -0.1) is 11.3 Å². The number of nitrogens with two attached hydrogens (primary N) is 1. The molecule has 3 amide bonds. The molecular formula is C21H25N3O4S. The minimum Gasteiger partial charge on any atom is -0.450 e. The molecule has 0 bridgehead atoms.